The van der Waals surface area contributed by atoms with Crippen LogP contribution in [0.1, 0.15) is 19.4 Å². The van der Waals surface area contributed by atoms with Gasteiger partial charge < -0.3 is 18.8 Å². The van der Waals surface area contributed by atoms with E-state index in [0.717, 1.165) is 16.9 Å². The number of rotatable bonds is 11. The molecule has 0 fully saturated rings. The lowest BCUT2D eigenvalue weighted by Crippen LogP contribution is -2.20. The van der Waals surface area contributed by atoms with E-state index in [-0.39, 0.29) is 11.7 Å². The highest BCUT2D eigenvalue weighted by atomic mass is 32.2. The Morgan fingerprint density at radius 1 is 1.09 bits per heavy atom. The van der Waals surface area contributed by atoms with Crippen molar-refractivity contribution in [1.82, 2.24) is 20.2 Å². The topological polar surface area (TPSA) is 99.9 Å². The number of carbonyl (C=O) groups is 1. The van der Waals surface area contributed by atoms with E-state index in [1.54, 1.807) is 20.4 Å². The van der Waals surface area contributed by atoms with E-state index in [1.807, 2.05) is 60.9 Å². The summed E-state index contributed by atoms with van der Waals surface area (Å²) in [5.41, 5.74) is 4.24. The number of nitrogens with one attached hydrogen (secondary N) is 1. The van der Waals surface area contributed by atoms with Crippen LogP contribution in [0.3, 0.4) is 0 Å². The molecule has 2 aromatic carbocycles. The number of thioether (sulfide) groups is 1. The van der Waals surface area contributed by atoms with Gasteiger partial charge in [0.1, 0.15) is 5.75 Å². The fraction of sp³-hybridized carbons (Fsp3) is 0.304. The van der Waals surface area contributed by atoms with Crippen molar-refractivity contribution in [3.63, 3.8) is 0 Å². The molecule has 3 rings (SSSR count). The molecule has 33 heavy (non-hydrogen) atoms. The molecule has 0 spiro atoms. The third kappa shape index (κ3) is 6.26. The van der Waals surface area contributed by atoms with Gasteiger partial charge in [-0.25, -0.2) is 5.43 Å². The van der Waals surface area contributed by atoms with Crippen LogP contribution in [0.2, 0.25) is 0 Å². The summed E-state index contributed by atoms with van der Waals surface area (Å²) in [7, 11) is 3.18. The highest BCUT2D eigenvalue weighted by Gasteiger charge is 2.16. The number of methoxy groups -OCH3 is 2. The van der Waals surface area contributed by atoms with Crippen molar-refractivity contribution in [3.05, 3.63) is 48.0 Å². The number of carbonyl (C=O) groups excluding carboxylic acids is 1. The normalized spacial score (nSPS) is 10.9. The minimum atomic E-state index is -0.236. The third-order valence-corrected chi connectivity index (χ3v) is 5.57. The van der Waals surface area contributed by atoms with Crippen LogP contribution in [0.5, 0.6) is 17.2 Å². The van der Waals surface area contributed by atoms with Crippen molar-refractivity contribution >= 4 is 23.9 Å². The second-order valence-electron chi connectivity index (χ2n) is 6.70. The Labute approximate surface area is 197 Å². The highest BCUT2D eigenvalue weighted by Crippen LogP contribution is 2.32. The van der Waals surface area contributed by atoms with Crippen LogP contribution < -0.4 is 19.6 Å². The molecule has 0 saturated carbocycles. The van der Waals surface area contributed by atoms with Crippen molar-refractivity contribution < 1.29 is 19.0 Å². The minimum Gasteiger partial charge on any atom is -0.494 e. The van der Waals surface area contributed by atoms with Gasteiger partial charge in [0.2, 0.25) is 0 Å². The zero-order valence-corrected chi connectivity index (χ0v) is 19.9. The van der Waals surface area contributed by atoms with Gasteiger partial charge in [-0.1, -0.05) is 11.8 Å². The fourth-order valence-corrected chi connectivity index (χ4v) is 3.82. The number of ether oxygens (including phenoxy) is 3. The van der Waals surface area contributed by atoms with E-state index < -0.39 is 0 Å². The molecule has 0 aliphatic carbocycles. The average Bonchev–Trinajstić information content (AvgIpc) is 3.26. The van der Waals surface area contributed by atoms with E-state index in [4.69, 9.17) is 14.2 Å². The first-order valence-corrected chi connectivity index (χ1v) is 11.4. The summed E-state index contributed by atoms with van der Waals surface area (Å²) in [6, 6.07) is 13.0. The first kappa shape index (κ1) is 24.1. The van der Waals surface area contributed by atoms with Gasteiger partial charge in [0, 0.05) is 12.1 Å². The summed E-state index contributed by atoms with van der Waals surface area (Å²) in [6.45, 7) is 5.20. The van der Waals surface area contributed by atoms with Crippen LogP contribution in [-0.4, -0.2) is 53.5 Å². The van der Waals surface area contributed by atoms with Gasteiger partial charge in [0.05, 0.1) is 32.8 Å². The van der Waals surface area contributed by atoms with Crippen molar-refractivity contribution in [2.24, 2.45) is 5.10 Å². The Hall–Kier alpha value is -3.53. The van der Waals surface area contributed by atoms with Crippen LogP contribution in [0.25, 0.3) is 11.4 Å². The number of hydrogen-bond donors (Lipinski definition) is 1. The highest BCUT2D eigenvalue weighted by molar-refractivity contribution is 7.99. The van der Waals surface area contributed by atoms with Gasteiger partial charge in [-0.15, -0.1) is 10.2 Å². The lowest BCUT2D eigenvalue weighted by atomic mass is 10.2. The molecule has 1 amide bonds. The van der Waals surface area contributed by atoms with Crippen LogP contribution >= 0.6 is 11.8 Å². The lowest BCUT2D eigenvalue weighted by molar-refractivity contribution is -0.118. The SMILES string of the molecule is CCOc1ccc(/C=N/NC(=O)CSc2nnc(-c3ccc(OC)c(OC)c3)n2CC)cc1. The maximum atomic E-state index is 12.2. The summed E-state index contributed by atoms with van der Waals surface area (Å²) in [4.78, 5) is 12.2. The van der Waals surface area contributed by atoms with Crippen molar-refractivity contribution in [1.29, 1.82) is 0 Å². The zero-order valence-electron chi connectivity index (χ0n) is 19.1. The largest absolute Gasteiger partial charge is 0.494 e. The Morgan fingerprint density at radius 2 is 1.85 bits per heavy atom. The molecular formula is C23H27N5O4S. The average molecular weight is 470 g/mol. The van der Waals surface area contributed by atoms with Gasteiger partial charge in [0.25, 0.3) is 5.91 Å². The molecule has 0 unspecified atom stereocenters. The number of hydrogen-bond acceptors (Lipinski definition) is 8. The Bertz CT molecular complexity index is 1100. The molecule has 0 aliphatic rings. The summed E-state index contributed by atoms with van der Waals surface area (Å²) < 4.78 is 18.0. The van der Waals surface area contributed by atoms with Gasteiger partial charge >= 0.3 is 0 Å². The lowest BCUT2D eigenvalue weighted by Gasteiger charge is -2.10. The molecule has 1 aromatic heterocycles. The molecule has 1 N–H and O–H groups in total. The summed E-state index contributed by atoms with van der Waals surface area (Å²) in [6.07, 6.45) is 1.59. The van der Waals surface area contributed by atoms with Crippen molar-refractivity contribution in [2.75, 3.05) is 26.6 Å². The Kier molecular flexibility index (Phi) is 8.71. The smallest absolute Gasteiger partial charge is 0.250 e. The molecule has 0 bridgehead atoms. The Morgan fingerprint density at radius 3 is 2.52 bits per heavy atom. The van der Waals surface area contributed by atoms with Crippen LogP contribution in [0, 0.1) is 0 Å². The molecule has 10 heteroatoms. The fourth-order valence-electron chi connectivity index (χ4n) is 3.03. The van der Waals surface area contributed by atoms with Gasteiger partial charge in [0.15, 0.2) is 22.5 Å². The number of amides is 1. The molecular weight excluding hydrogens is 442 g/mol. The standard InChI is InChI=1S/C23H27N5O4S/c1-5-28-22(17-9-12-19(30-3)20(13-17)31-4)26-27-23(28)33-15-21(29)25-24-14-16-7-10-18(11-8-16)32-6-2/h7-14H,5-6,15H2,1-4H3,(H,25,29)/b24-14+. The second kappa shape index (κ2) is 11.9. The van der Waals surface area contributed by atoms with E-state index in [2.05, 4.69) is 20.7 Å². The van der Waals surface area contributed by atoms with E-state index in [0.29, 0.717) is 35.6 Å². The zero-order chi connectivity index (χ0) is 23.6. The monoisotopic (exact) mass is 469 g/mol. The minimum absolute atomic E-state index is 0.157. The summed E-state index contributed by atoms with van der Waals surface area (Å²) in [5, 5.41) is 13.2. The van der Waals surface area contributed by atoms with E-state index in [9.17, 15) is 4.79 Å². The van der Waals surface area contributed by atoms with Crippen LogP contribution in [-0.2, 0) is 11.3 Å². The van der Waals surface area contributed by atoms with Crippen molar-refractivity contribution in [2.45, 2.75) is 25.5 Å². The predicted molar refractivity (Wildman–Crippen MR) is 128 cm³/mol. The number of aromatic nitrogens is 3. The van der Waals surface area contributed by atoms with Crippen molar-refractivity contribution in [3.8, 4) is 28.6 Å². The predicted octanol–water partition coefficient (Wildman–Crippen LogP) is 3.62. The Balaban J connectivity index is 1.60. The molecule has 0 saturated heterocycles. The maximum absolute atomic E-state index is 12.2. The quantitative estimate of drug-likeness (QED) is 0.260. The molecule has 3 aromatic rings. The summed E-state index contributed by atoms with van der Waals surface area (Å²) in [5.74, 6) is 2.66. The molecule has 0 atom stereocenters. The molecule has 9 nitrogen and oxygen atoms in total. The number of nitrogens with zero attached hydrogens (tertiary/aromatic N) is 4. The van der Waals surface area contributed by atoms with Crippen LogP contribution in [0.15, 0.2) is 52.7 Å². The van der Waals surface area contributed by atoms with Gasteiger partial charge in [-0.05, 0) is 61.9 Å². The molecule has 0 aliphatic heterocycles. The first-order chi connectivity index (χ1) is 16.1. The summed E-state index contributed by atoms with van der Waals surface area (Å²) >= 11 is 1.30. The number of benzene rings is 2. The third-order valence-electron chi connectivity index (χ3n) is 4.60. The molecule has 0 radical (unpaired) electrons. The first-order valence-electron chi connectivity index (χ1n) is 10.4. The van der Waals surface area contributed by atoms with E-state index >= 15 is 0 Å². The molecule has 1 heterocycles. The second-order valence-corrected chi connectivity index (χ2v) is 7.65. The van der Waals surface area contributed by atoms with E-state index in [1.165, 1.54) is 11.8 Å². The number of hydrazone groups is 1. The maximum Gasteiger partial charge on any atom is 0.250 e. The molecule has 174 valence electrons. The van der Waals surface area contributed by atoms with Gasteiger partial charge in [-0.2, -0.15) is 5.10 Å². The van der Waals surface area contributed by atoms with Gasteiger partial charge in [-0.3, -0.25) is 4.79 Å². The van der Waals surface area contributed by atoms with Crippen LogP contribution in [0.4, 0.5) is 0 Å².